The van der Waals surface area contributed by atoms with E-state index in [0.717, 1.165) is 43.9 Å². The fourth-order valence-electron chi connectivity index (χ4n) is 4.17. The fourth-order valence-corrected chi connectivity index (χ4v) is 4.36. The van der Waals surface area contributed by atoms with Crippen LogP contribution in [0.5, 0.6) is 0 Å². The van der Waals surface area contributed by atoms with Crippen molar-refractivity contribution >= 4 is 11.6 Å². The maximum Gasteiger partial charge on any atom is 0.0408 e. The van der Waals surface area contributed by atoms with Crippen molar-refractivity contribution in [3.63, 3.8) is 0 Å². The first-order chi connectivity index (χ1) is 11.1. The molecule has 1 heterocycles. The van der Waals surface area contributed by atoms with E-state index in [9.17, 15) is 0 Å². The Morgan fingerprint density at radius 1 is 1.30 bits per heavy atom. The number of hydrogen-bond acceptors (Lipinski definition) is 3. The molecule has 0 bridgehead atoms. The molecule has 3 N–H and O–H groups in total. The van der Waals surface area contributed by atoms with Crippen LogP contribution in [0.2, 0.25) is 5.02 Å². The average molecular weight is 334 g/mol. The van der Waals surface area contributed by atoms with Crippen molar-refractivity contribution in [2.75, 3.05) is 26.2 Å². The van der Waals surface area contributed by atoms with Gasteiger partial charge in [0.1, 0.15) is 0 Å². The van der Waals surface area contributed by atoms with E-state index in [-0.39, 0.29) is 5.41 Å². The minimum atomic E-state index is 0.106. The van der Waals surface area contributed by atoms with E-state index < -0.39 is 0 Å². The minimum absolute atomic E-state index is 0.106. The summed E-state index contributed by atoms with van der Waals surface area (Å²) in [5.74, 6) is 0. The zero-order chi connectivity index (χ0) is 16.3. The highest BCUT2D eigenvalue weighted by Crippen LogP contribution is 2.40. The molecular weight excluding hydrogens is 306 g/mol. The van der Waals surface area contributed by atoms with Gasteiger partial charge < -0.3 is 11.1 Å². The molecule has 0 unspecified atom stereocenters. The van der Waals surface area contributed by atoms with Crippen LogP contribution < -0.4 is 11.1 Å². The Labute approximate surface area is 144 Å². The predicted octanol–water partition coefficient (Wildman–Crippen LogP) is 3.29. The van der Waals surface area contributed by atoms with Crippen LogP contribution in [-0.4, -0.2) is 37.1 Å². The van der Waals surface area contributed by atoms with Crippen LogP contribution in [0.25, 0.3) is 0 Å². The first-order valence-corrected chi connectivity index (χ1v) is 9.13. The summed E-state index contributed by atoms with van der Waals surface area (Å²) in [6.45, 7) is 8.05. The number of rotatable bonds is 3. The summed E-state index contributed by atoms with van der Waals surface area (Å²) in [5, 5.41) is 4.22. The molecule has 1 saturated heterocycles. The van der Waals surface area contributed by atoms with E-state index >= 15 is 0 Å². The van der Waals surface area contributed by atoms with Crippen molar-refractivity contribution in [2.45, 2.75) is 43.6 Å². The predicted molar refractivity (Wildman–Crippen MR) is 97.8 cm³/mol. The maximum atomic E-state index is 6.21. The molecule has 0 amide bonds. The third kappa shape index (κ3) is 3.73. The summed E-state index contributed by atoms with van der Waals surface area (Å²) in [6, 6.07) is 8.97. The summed E-state index contributed by atoms with van der Waals surface area (Å²) in [6.07, 6.45) is 5.80. The van der Waals surface area contributed by atoms with Gasteiger partial charge in [0, 0.05) is 48.4 Å². The van der Waals surface area contributed by atoms with Crippen LogP contribution in [0, 0.1) is 0 Å². The summed E-state index contributed by atoms with van der Waals surface area (Å²) >= 11 is 6.20. The molecule has 4 heteroatoms. The van der Waals surface area contributed by atoms with Crippen LogP contribution in [0.1, 0.15) is 37.7 Å². The number of nitrogens with two attached hydrogens (primary N) is 1. The van der Waals surface area contributed by atoms with E-state index in [1.54, 1.807) is 0 Å². The monoisotopic (exact) mass is 333 g/mol. The van der Waals surface area contributed by atoms with Crippen molar-refractivity contribution in [3.8, 4) is 0 Å². The molecule has 3 rings (SSSR count). The zero-order valence-electron chi connectivity index (χ0n) is 13.9. The highest BCUT2D eigenvalue weighted by atomic mass is 35.5. The summed E-state index contributed by atoms with van der Waals surface area (Å²) < 4.78 is 0. The molecule has 3 nitrogen and oxygen atoms in total. The molecule has 0 atom stereocenters. The molecule has 2 aliphatic rings. The Bertz CT molecular complexity index is 549. The van der Waals surface area contributed by atoms with Gasteiger partial charge in [-0.25, -0.2) is 0 Å². The van der Waals surface area contributed by atoms with Crippen molar-refractivity contribution in [2.24, 2.45) is 5.73 Å². The van der Waals surface area contributed by atoms with Crippen molar-refractivity contribution in [3.05, 3.63) is 47.1 Å². The molecule has 2 fully saturated rings. The van der Waals surface area contributed by atoms with Gasteiger partial charge in [-0.1, -0.05) is 30.3 Å². The van der Waals surface area contributed by atoms with Gasteiger partial charge in [-0.2, -0.15) is 0 Å². The van der Waals surface area contributed by atoms with Crippen molar-refractivity contribution < 1.29 is 0 Å². The van der Waals surface area contributed by atoms with Crippen molar-refractivity contribution in [1.82, 2.24) is 10.2 Å². The molecule has 23 heavy (non-hydrogen) atoms. The molecular formula is C19H28ClN3. The van der Waals surface area contributed by atoms with Gasteiger partial charge in [0.2, 0.25) is 0 Å². The van der Waals surface area contributed by atoms with Gasteiger partial charge in [-0.15, -0.1) is 0 Å². The lowest BCUT2D eigenvalue weighted by Gasteiger charge is -2.43. The second-order valence-electron chi connectivity index (χ2n) is 7.04. The molecule has 1 aliphatic heterocycles. The van der Waals surface area contributed by atoms with Crippen LogP contribution in [0.4, 0.5) is 0 Å². The smallest absolute Gasteiger partial charge is 0.0408 e. The standard InChI is InChI=1S/C19H28ClN3/c1-15-7-11-23(12-10-22-15)18-5-8-19(14-21,9-6-18)16-3-2-4-17(20)13-16/h2-4,13,18,22H,1,5-12,14,21H2. The van der Waals surface area contributed by atoms with Gasteiger partial charge in [0.05, 0.1) is 0 Å². The topological polar surface area (TPSA) is 41.3 Å². The Kier molecular flexibility index (Phi) is 5.30. The molecule has 1 aliphatic carbocycles. The maximum absolute atomic E-state index is 6.21. The van der Waals surface area contributed by atoms with Gasteiger partial charge in [-0.05, 0) is 49.8 Å². The third-order valence-electron chi connectivity index (χ3n) is 5.73. The number of nitrogens with zero attached hydrogens (tertiary/aromatic N) is 1. The van der Waals surface area contributed by atoms with E-state index in [0.29, 0.717) is 12.6 Å². The average Bonchev–Trinajstić information content (AvgIpc) is 2.80. The van der Waals surface area contributed by atoms with Crippen LogP contribution in [0.15, 0.2) is 36.5 Å². The largest absolute Gasteiger partial charge is 0.387 e. The Morgan fingerprint density at radius 2 is 2.09 bits per heavy atom. The molecule has 0 aromatic heterocycles. The number of halogens is 1. The SMILES string of the molecule is C=C1CCN(C2CCC(CN)(c3cccc(Cl)c3)CC2)CCN1. The molecule has 1 saturated carbocycles. The van der Waals surface area contributed by atoms with Gasteiger partial charge in [0.15, 0.2) is 0 Å². The van der Waals surface area contributed by atoms with Gasteiger partial charge in [-0.3, -0.25) is 4.90 Å². The first-order valence-electron chi connectivity index (χ1n) is 8.75. The van der Waals surface area contributed by atoms with Crippen LogP contribution in [-0.2, 0) is 5.41 Å². The number of hydrogen-bond donors (Lipinski definition) is 2. The zero-order valence-corrected chi connectivity index (χ0v) is 14.6. The van der Waals surface area contributed by atoms with E-state index in [1.807, 2.05) is 12.1 Å². The van der Waals surface area contributed by atoms with E-state index in [4.69, 9.17) is 17.3 Å². The summed E-state index contributed by atoms with van der Waals surface area (Å²) in [4.78, 5) is 2.64. The Balaban J connectivity index is 1.67. The highest BCUT2D eigenvalue weighted by molar-refractivity contribution is 6.30. The normalized spacial score (nSPS) is 29.8. The Hall–Kier alpha value is -1.03. The number of benzene rings is 1. The van der Waals surface area contributed by atoms with Crippen LogP contribution in [0.3, 0.4) is 0 Å². The second kappa shape index (κ2) is 7.25. The summed E-state index contributed by atoms with van der Waals surface area (Å²) in [5.41, 5.74) is 8.81. The quantitative estimate of drug-likeness (QED) is 0.891. The lowest BCUT2D eigenvalue weighted by molar-refractivity contribution is 0.132. The number of nitrogens with one attached hydrogen (secondary N) is 1. The van der Waals surface area contributed by atoms with E-state index in [1.165, 1.54) is 24.1 Å². The highest BCUT2D eigenvalue weighted by Gasteiger charge is 2.37. The van der Waals surface area contributed by atoms with Crippen molar-refractivity contribution in [1.29, 1.82) is 0 Å². The summed E-state index contributed by atoms with van der Waals surface area (Å²) in [7, 11) is 0. The van der Waals surface area contributed by atoms with E-state index in [2.05, 4.69) is 28.9 Å². The van der Waals surface area contributed by atoms with Gasteiger partial charge in [0.25, 0.3) is 0 Å². The molecule has 0 radical (unpaired) electrons. The molecule has 126 valence electrons. The Morgan fingerprint density at radius 3 is 2.78 bits per heavy atom. The molecule has 1 aromatic rings. The van der Waals surface area contributed by atoms with Crippen LogP contribution >= 0.6 is 11.6 Å². The second-order valence-corrected chi connectivity index (χ2v) is 7.48. The molecule has 1 aromatic carbocycles. The first kappa shape index (κ1) is 16.8. The lowest BCUT2D eigenvalue weighted by Crippen LogP contribution is -2.46. The minimum Gasteiger partial charge on any atom is -0.387 e. The fraction of sp³-hybridized carbons (Fsp3) is 0.579. The third-order valence-corrected chi connectivity index (χ3v) is 5.97. The van der Waals surface area contributed by atoms with Gasteiger partial charge >= 0.3 is 0 Å². The lowest BCUT2D eigenvalue weighted by atomic mass is 9.68. The molecule has 0 spiro atoms.